The first-order valence-corrected chi connectivity index (χ1v) is 9.84. The van der Waals surface area contributed by atoms with Crippen molar-refractivity contribution in [3.05, 3.63) is 64.3 Å². The summed E-state index contributed by atoms with van der Waals surface area (Å²) in [6.45, 7) is 4.15. The van der Waals surface area contributed by atoms with Crippen LogP contribution in [0.2, 0.25) is 5.15 Å². The molecule has 0 amide bonds. The van der Waals surface area contributed by atoms with Crippen molar-refractivity contribution in [1.82, 2.24) is 4.98 Å². The summed E-state index contributed by atoms with van der Waals surface area (Å²) in [5.74, 6) is 0. The van der Waals surface area contributed by atoms with E-state index < -0.39 is 10.0 Å². The molecule has 0 unspecified atom stereocenters. The van der Waals surface area contributed by atoms with Gasteiger partial charge in [-0.2, -0.15) is 0 Å². The number of benzene rings is 2. The second-order valence-electron chi connectivity index (χ2n) is 6.14. The van der Waals surface area contributed by atoms with Gasteiger partial charge < -0.3 is 4.74 Å². The normalized spacial score (nSPS) is 11.7. The molecule has 3 rings (SSSR count). The number of aryl methyl sites for hydroxylation is 2. The molecule has 1 heterocycles. The number of ether oxygens (including phenoxy) is 1. The van der Waals surface area contributed by atoms with Crippen LogP contribution in [0.3, 0.4) is 0 Å². The van der Waals surface area contributed by atoms with Crippen LogP contribution >= 0.6 is 11.6 Å². The second-order valence-corrected chi connectivity index (χ2v) is 8.21. The van der Waals surface area contributed by atoms with Crippen molar-refractivity contribution in [3.63, 3.8) is 0 Å². The van der Waals surface area contributed by atoms with E-state index in [2.05, 4.69) is 9.71 Å². The van der Waals surface area contributed by atoms with Crippen molar-refractivity contribution in [3.8, 4) is 0 Å². The Kier molecular flexibility index (Phi) is 5.18. The third-order valence-electron chi connectivity index (χ3n) is 4.08. The molecule has 0 fully saturated rings. The maximum absolute atomic E-state index is 12.7. The van der Waals surface area contributed by atoms with Crippen LogP contribution in [0.1, 0.15) is 16.7 Å². The number of anilines is 1. The third kappa shape index (κ3) is 3.82. The van der Waals surface area contributed by atoms with Gasteiger partial charge in [-0.15, -0.1) is 0 Å². The number of rotatable bonds is 5. The number of nitrogens with zero attached hydrogens (tertiary/aromatic N) is 1. The molecule has 7 heteroatoms. The van der Waals surface area contributed by atoms with Crippen LogP contribution < -0.4 is 4.72 Å². The fraction of sp³-hybridized carbons (Fsp3) is 0.211. The van der Waals surface area contributed by atoms with Crippen LogP contribution in [0.15, 0.2) is 47.4 Å². The van der Waals surface area contributed by atoms with Crippen LogP contribution in [0.4, 0.5) is 5.69 Å². The molecule has 3 aromatic rings. The van der Waals surface area contributed by atoms with Crippen LogP contribution in [0.25, 0.3) is 10.9 Å². The van der Waals surface area contributed by atoms with Crippen LogP contribution in [0.5, 0.6) is 0 Å². The zero-order valence-corrected chi connectivity index (χ0v) is 16.3. The van der Waals surface area contributed by atoms with Crippen molar-refractivity contribution in [2.45, 2.75) is 25.3 Å². The summed E-state index contributed by atoms with van der Waals surface area (Å²) in [5.41, 5.74) is 3.76. The number of sulfonamides is 1. The SMILES string of the molecule is COCc1cc(Cl)nc2cc(NS(=O)(=O)c3ccc(C)cc3)c(C)cc12. The van der Waals surface area contributed by atoms with Gasteiger partial charge in [0.15, 0.2) is 0 Å². The van der Waals surface area contributed by atoms with E-state index in [1.165, 1.54) is 0 Å². The van der Waals surface area contributed by atoms with Gasteiger partial charge in [0, 0.05) is 12.5 Å². The standard InChI is InChI=1S/C19H19ClN2O3S/c1-12-4-6-15(7-5-12)26(23,24)22-17-10-18-16(8-13(17)2)14(11-25-3)9-19(20)21-18/h4-10,22H,11H2,1-3H3. The summed E-state index contributed by atoms with van der Waals surface area (Å²) >= 11 is 6.09. The van der Waals surface area contributed by atoms with Crippen molar-refractivity contribution in [2.24, 2.45) is 0 Å². The number of fused-ring (bicyclic) bond motifs is 1. The monoisotopic (exact) mass is 390 g/mol. The highest BCUT2D eigenvalue weighted by Crippen LogP contribution is 2.29. The Morgan fingerprint density at radius 2 is 1.81 bits per heavy atom. The molecule has 5 nitrogen and oxygen atoms in total. The first kappa shape index (κ1) is 18.6. The van der Waals surface area contributed by atoms with Crippen molar-refractivity contribution in [1.29, 1.82) is 0 Å². The minimum absolute atomic E-state index is 0.210. The highest BCUT2D eigenvalue weighted by atomic mass is 35.5. The van der Waals surface area contributed by atoms with Crippen LogP contribution in [-0.4, -0.2) is 20.5 Å². The molecule has 0 aliphatic heterocycles. The van der Waals surface area contributed by atoms with Gasteiger partial charge in [-0.05, 0) is 55.3 Å². The van der Waals surface area contributed by atoms with E-state index in [1.807, 2.05) is 19.9 Å². The third-order valence-corrected chi connectivity index (χ3v) is 5.66. The first-order valence-electron chi connectivity index (χ1n) is 7.98. The number of methoxy groups -OCH3 is 1. The lowest BCUT2D eigenvalue weighted by Gasteiger charge is -2.14. The molecule has 1 aromatic heterocycles. The second kappa shape index (κ2) is 7.23. The lowest BCUT2D eigenvalue weighted by atomic mass is 10.1. The van der Waals surface area contributed by atoms with Crippen LogP contribution in [0, 0.1) is 13.8 Å². The summed E-state index contributed by atoms with van der Waals surface area (Å²) < 4.78 is 33.2. The number of nitrogens with one attached hydrogen (secondary N) is 1. The minimum atomic E-state index is -3.69. The average Bonchev–Trinajstić information content (AvgIpc) is 2.57. The van der Waals surface area contributed by atoms with Gasteiger partial charge >= 0.3 is 0 Å². The predicted molar refractivity (Wildman–Crippen MR) is 104 cm³/mol. The van der Waals surface area contributed by atoms with Crippen LogP contribution in [-0.2, 0) is 21.4 Å². The Morgan fingerprint density at radius 1 is 1.12 bits per heavy atom. The van der Waals surface area contributed by atoms with Gasteiger partial charge in [0.05, 0.1) is 22.7 Å². The number of halogens is 1. The molecule has 0 atom stereocenters. The summed E-state index contributed by atoms with van der Waals surface area (Å²) in [6.07, 6.45) is 0. The molecule has 26 heavy (non-hydrogen) atoms. The molecule has 1 N–H and O–H groups in total. The molecule has 0 saturated carbocycles. The Labute approximate surface area is 158 Å². The van der Waals surface area contributed by atoms with Gasteiger partial charge in [-0.3, -0.25) is 4.72 Å². The number of hydrogen-bond acceptors (Lipinski definition) is 4. The maximum Gasteiger partial charge on any atom is 0.261 e. The summed E-state index contributed by atoms with van der Waals surface area (Å²) in [4.78, 5) is 4.52. The van der Waals surface area contributed by atoms with E-state index in [1.54, 1.807) is 43.5 Å². The zero-order valence-electron chi connectivity index (χ0n) is 14.7. The molecular weight excluding hydrogens is 372 g/mol. The lowest BCUT2D eigenvalue weighted by Crippen LogP contribution is -2.14. The topological polar surface area (TPSA) is 68.3 Å². The molecule has 0 aliphatic rings. The fourth-order valence-electron chi connectivity index (χ4n) is 2.72. The van der Waals surface area contributed by atoms with Gasteiger partial charge in [0.1, 0.15) is 5.15 Å². The highest BCUT2D eigenvalue weighted by Gasteiger charge is 2.16. The highest BCUT2D eigenvalue weighted by molar-refractivity contribution is 7.92. The van der Waals surface area contributed by atoms with E-state index in [0.29, 0.717) is 23.0 Å². The molecule has 2 aromatic carbocycles. The fourth-order valence-corrected chi connectivity index (χ4v) is 4.07. The molecule has 0 bridgehead atoms. The summed E-state index contributed by atoms with van der Waals surface area (Å²) in [6, 6.07) is 12.0. The lowest BCUT2D eigenvalue weighted by molar-refractivity contribution is 0.186. The predicted octanol–water partition coefficient (Wildman–Crippen LogP) is 4.45. The Morgan fingerprint density at radius 3 is 2.46 bits per heavy atom. The molecule has 0 aliphatic carbocycles. The summed E-state index contributed by atoms with van der Waals surface area (Å²) in [5, 5.41) is 1.22. The number of pyridine rings is 1. The molecule has 0 spiro atoms. The average molecular weight is 391 g/mol. The molecular formula is C19H19ClN2O3S. The van der Waals surface area contributed by atoms with E-state index in [-0.39, 0.29) is 4.90 Å². The number of hydrogen-bond donors (Lipinski definition) is 1. The minimum Gasteiger partial charge on any atom is -0.380 e. The van der Waals surface area contributed by atoms with Crippen molar-refractivity contribution < 1.29 is 13.2 Å². The quantitative estimate of drug-likeness (QED) is 0.653. The van der Waals surface area contributed by atoms with E-state index in [0.717, 1.165) is 22.1 Å². The zero-order chi connectivity index (χ0) is 18.9. The molecule has 0 saturated heterocycles. The largest absolute Gasteiger partial charge is 0.380 e. The van der Waals surface area contributed by atoms with E-state index in [4.69, 9.17) is 16.3 Å². The summed E-state index contributed by atoms with van der Waals surface area (Å²) in [7, 11) is -2.08. The van der Waals surface area contributed by atoms with E-state index >= 15 is 0 Å². The Bertz CT molecular complexity index is 1060. The Hall–Kier alpha value is -2.15. The van der Waals surface area contributed by atoms with Gasteiger partial charge in [0.25, 0.3) is 10.0 Å². The van der Waals surface area contributed by atoms with Gasteiger partial charge in [-0.25, -0.2) is 13.4 Å². The number of aromatic nitrogens is 1. The van der Waals surface area contributed by atoms with Gasteiger partial charge in [-0.1, -0.05) is 29.3 Å². The van der Waals surface area contributed by atoms with E-state index in [9.17, 15) is 8.42 Å². The smallest absolute Gasteiger partial charge is 0.261 e. The first-order chi connectivity index (χ1) is 12.3. The maximum atomic E-state index is 12.7. The molecule has 136 valence electrons. The molecule has 0 radical (unpaired) electrons. The van der Waals surface area contributed by atoms with Crippen molar-refractivity contribution >= 4 is 38.2 Å². The van der Waals surface area contributed by atoms with Crippen molar-refractivity contribution in [2.75, 3.05) is 11.8 Å². The Balaban J connectivity index is 2.05. The van der Waals surface area contributed by atoms with Gasteiger partial charge in [0.2, 0.25) is 0 Å².